The predicted octanol–water partition coefficient (Wildman–Crippen LogP) is 1.24. The molecule has 1 amide bonds. The lowest BCUT2D eigenvalue weighted by molar-refractivity contribution is -0.121. The van der Waals surface area contributed by atoms with Crippen molar-refractivity contribution in [2.24, 2.45) is 5.73 Å². The highest BCUT2D eigenvalue weighted by molar-refractivity contribution is 6.32. The van der Waals surface area contributed by atoms with E-state index in [2.05, 4.69) is 20.6 Å². The lowest BCUT2D eigenvalue weighted by Gasteiger charge is -2.23. The fraction of sp³-hybridized carbons (Fsp3) is 0.500. The van der Waals surface area contributed by atoms with Crippen LogP contribution in [0, 0.1) is 0 Å². The number of halogens is 1. The van der Waals surface area contributed by atoms with E-state index in [1.54, 1.807) is 13.8 Å². The standard InChI is InChI=1S/C10H16ClN5O/c1-4-13-9-14-5-6(11)7(15-9)16-10(2,3)8(12)17/h5H,4H2,1-3H3,(H2,12,17)(H2,13,14,15,16). The Bertz CT molecular complexity index is 421. The number of hydrogen-bond donors (Lipinski definition) is 3. The molecule has 1 heterocycles. The molecular weight excluding hydrogens is 242 g/mol. The van der Waals surface area contributed by atoms with Crippen LogP contribution in [-0.4, -0.2) is 28.0 Å². The Kier molecular flexibility index (Phi) is 4.11. The van der Waals surface area contributed by atoms with Crippen molar-refractivity contribution >= 4 is 29.3 Å². The number of primary amides is 1. The van der Waals surface area contributed by atoms with Gasteiger partial charge >= 0.3 is 0 Å². The molecule has 1 aromatic heterocycles. The van der Waals surface area contributed by atoms with Crippen molar-refractivity contribution in [3.8, 4) is 0 Å². The third-order valence-corrected chi connectivity index (χ3v) is 2.40. The van der Waals surface area contributed by atoms with Gasteiger partial charge in [-0.05, 0) is 20.8 Å². The minimum Gasteiger partial charge on any atom is -0.368 e. The molecule has 0 saturated heterocycles. The fourth-order valence-corrected chi connectivity index (χ4v) is 1.19. The summed E-state index contributed by atoms with van der Waals surface area (Å²) in [7, 11) is 0. The molecule has 0 unspecified atom stereocenters. The second-order valence-corrected chi connectivity index (χ2v) is 4.44. The first-order chi connectivity index (χ1) is 7.86. The molecule has 0 bridgehead atoms. The van der Waals surface area contributed by atoms with Crippen LogP contribution in [0.25, 0.3) is 0 Å². The first-order valence-electron chi connectivity index (χ1n) is 5.21. The number of nitrogens with zero attached hydrogens (tertiary/aromatic N) is 2. The lowest BCUT2D eigenvalue weighted by atomic mass is 10.1. The van der Waals surface area contributed by atoms with Crippen LogP contribution in [0.1, 0.15) is 20.8 Å². The van der Waals surface area contributed by atoms with Gasteiger partial charge in [-0.2, -0.15) is 4.98 Å². The second kappa shape index (κ2) is 5.18. The van der Waals surface area contributed by atoms with E-state index in [0.717, 1.165) is 0 Å². The van der Waals surface area contributed by atoms with Crippen molar-refractivity contribution in [1.82, 2.24) is 9.97 Å². The number of aromatic nitrogens is 2. The first-order valence-corrected chi connectivity index (χ1v) is 5.59. The van der Waals surface area contributed by atoms with Gasteiger partial charge in [-0.1, -0.05) is 11.6 Å². The van der Waals surface area contributed by atoms with E-state index in [1.165, 1.54) is 6.20 Å². The third kappa shape index (κ3) is 3.45. The van der Waals surface area contributed by atoms with Gasteiger partial charge in [-0.25, -0.2) is 4.98 Å². The normalized spacial score (nSPS) is 11.1. The van der Waals surface area contributed by atoms with Crippen LogP contribution in [0.2, 0.25) is 5.02 Å². The molecule has 0 saturated carbocycles. The molecule has 0 aromatic carbocycles. The van der Waals surface area contributed by atoms with Crippen LogP contribution in [0.4, 0.5) is 11.8 Å². The smallest absolute Gasteiger partial charge is 0.242 e. The molecule has 6 nitrogen and oxygen atoms in total. The maximum Gasteiger partial charge on any atom is 0.242 e. The Labute approximate surface area is 105 Å². The van der Waals surface area contributed by atoms with E-state index in [9.17, 15) is 4.79 Å². The Morgan fingerprint density at radius 3 is 2.76 bits per heavy atom. The van der Waals surface area contributed by atoms with Crippen molar-refractivity contribution in [1.29, 1.82) is 0 Å². The van der Waals surface area contributed by atoms with E-state index >= 15 is 0 Å². The average molecular weight is 258 g/mol. The Morgan fingerprint density at radius 2 is 2.24 bits per heavy atom. The molecule has 7 heteroatoms. The van der Waals surface area contributed by atoms with E-state index in [4.69, 9.17) is 17.3 Å². The number of carbonyl (C=O) groups excluding carboxylic acids is 1. The largest absolute Gasteiger partial charge is 0.368 e. The molecule has 0 atom stereocenters. The summed E-state index contributed by atoms with van der Waals surface area (Å²) in [6.45, 7) is 5.93. The number of carbonyl (C=O) groups is 1. The fourth-order valence-electron chi connectivity index (χ4n) is 1.06. The van der Waals surface area contributed by atoms with E-state index in [1.807, 2.05) is 6.92 Å². The summed E-state index contributed by atoms with van der Waals surface area (Å²) in [4.78, 5) is 19.4. The highest BCUT2D eigenvalue weighted by atomic mass is 35.5. The SMILES string of the molecule is CCNc1ncc(Cl)c(NC(C)(C)C(N)=O)n1. The minimum atomic E-state index is -0.929. The number of amides is 1. The molecular formula is C10H16ClN5O. The molecule has 4 N–H and O–H groups in total. The number of nitrogens with one attached hydrogen (secondary N) is 2. The summed E-state index contributed by atoms with van der Waals surface area (Å²) >= 11 is 5.94. The maximum atomic E-state index is 11.2. The number of nitrogens with two attached hydrogens (primary N) is 1. The predicted molar refractivity (Wildman–Crippen MR) is 68.1 cm³/mol. The Hall–Kier alpha value is -1.56. The Balaban J connectivity index is 2.97. The summed E-state index contributed by atoms with van der Waals surface area (Å²) in [6.07, 6.45) is 1.46. The number of rotatable bonds is 5. The van der Waals surface area contributed by atoms with Crippen molar-refractivity contribution in [3.63, 3.8) is 0 Å². The van der Waals surface area contributed by atoms with Gasteiger partial charge in [0, 0.05) is 6.54 Å². The van der Waals surface area contributed by atoms with Gasteiger partial charge in [0.05, 0.1) is 6.20 Å². The molecule has 0 aliphatic rings. The van der Waals surface area contributed by atoms with Crippen LogP contribution in [-0.2, 0) is 4.79 Å². The van der Waals surface area contributed by atoms with Crippen LogP contribution >= 0.6 is 11.6 Å². The van der Waals surface area contributed by atoms with Gasteiger partial charge in [0.2, 0.25) is 11.9 Å². The van der Waals surface area contributed by atoms with Gasteiger partial charge in [0.15, 0.2) is 5.82 Å². The zero-order valence-electron chi connectivity index (χ0n) is 10.0. The molecule has 17 heavy (non-hydrogen) atoms. The van der Waals surface area contributed by atoms with Crippen LogP contribution in [0.5, 0.6) is 0 Å². The highest BCUT2D eigenvalue weighted by Gasteiger charge is 2.26. The van der Waals surface area contributed by atoms with Crippen molar-refractivity contribution in [3.05, 3.63) is 11.2 Å². The van der Waals surface area contributed by atoms with Crippen LogP contribution < -0.4 is 16.4 Å². The quantitative estimate of drug-likeness (QED) is 0.738. The van der Waals surface area contributed by atoms with Gasteiger partial charge in [0.25, 0.3) is 0 Å². The summed E-state index contributed by atoms with van der Waals surface area (Å²) in [5, 5.41) is 6.17. The third-order valence-electron chi connectivity index (χ3n) is 2.13. The average Bonchev–Trinajstić information content (AvgIpc) is 2.23. The lowest BCUT2D eigenvalue weighted by Crippen LogP contribution is -2.45. The first kappa shape index (κ1) is 13.5. The molecule has 0 spiro atoms. The molecule has 0 fully saturated rings. The van der Waals surface area contributed by atoms with Crippen LogP contribution in [0.15, 0.2) is 6.20 Å². The van der Waals surface area contributed by atoms with Gasteiger partial charge in [-0.3, -0.25) is 4.79 Å². The monoisotopic (exact) mass is 257 g/mol. The van der Waals surface area contributed by atoms with Gasteiger partial charge in [-0.15, -0.1) is 0 Å². The minimum absolute atomic E-state index is 0.334. The molecule has 1 rings (SSSR count). The van der Waals surface area contributed by atoms with Gasteiger partial charge < -0.3 is 16.4 Å². The zero-order chi connectivity index (χ0) is 13.1. The molecule has 0 aliphatic heterocycles. The van der Waals surface area contributed by atoms with Crippen LogP contribution in [0.3, 0.4) is 0 Å². The summed E-state index contributed by atoms with van der Waals surface area (Å²) in [5.41, 5.74) is 4.33. The number of anilines is 2. The molecule has 0 aliphatic carbocycles. The summed E-state index contributed by atoms with van der Waals surface area (Å²) in [5.74, 6) is 0.332. The zero-order valence-corrected chi connectivity index (χ0v) is 10.8. The molecule has 94 valence electrons. The van der Waals surface area contributed by atoms with E-state index in [0.29, 0.717) is 23.3 Å². The molecule has 1 aromatic rings. The summed E-state index contributed by atoms with van der Waals surface area (Å²) in [6, 6.07) is 0. The number of hydrogen-bond acceptors (Lipinski definition) is 5. The van der Waals surface area contributed by atoms with Crippen molar-refractivity contribution in [2.75, 3.05) is 17.2 Å². The molecule has 0 radical (unpaired) electrons. The van der Waals surface area contributed by atoms with Crippen molar-refractivity contribution < 1.29 is 4.79 Å². The maximum absolute atomic E-state index is 11.2. The summed E-state index contributed by atoms with van der Waals surface area (Å²) < 4.78 is 0. The van der Waals surface area contributed by atoms with E-state index in [-0.39, 0.29) is 0 Å². The van der Waals surface area contributed by atoms with Crippen molar-refractivity contribution in [2.45, 2.75) is 26.3 Å². The van der Waals surface area contributed by atoms with Gasteiger partial charge in [0.1, 0.15) is 10.6 Å². The highest BCUT2D eigenvalue weighted by Crippen LogP contribution is 2.22. The topological polar surface area (TPSA) is 92.9 Å². The second-order valence-electron chi connectivity index (χ2n) is 4.03. The Morgan fingerprint density at radius 1 is 1.59 bits per heavy atom. The van der Waals surface area contributed by atoms with E-state index < -0.39 is 11.4 Å².